The van der Waals surface area contributed by atoms with E-state index in [-0.39, 0.29) is 11.8 Å². The number of nitrogens with two attached hydrogens (primary N) is 1. The fourth-order valence-electron chi connectivity index (χ4n) is 4.38. The van der Waals surface area contributed by atoms with Crippen molar-refractivity contribution in [2.45, 2.75) is 38.5 Å². The molecule has 0 atom stereocenters. The molecule has 0 spiro atoms. The van der Waals surface area contributed by atoms with Crippen molar-refractivity contribution in [3.63, 3.8) is 0 Å². The van der Waals surface area contributed by atoms with Gasteiger partial charge >= 0.3 is 5.97 Å². The molecule has 4 aromatic heterocycles. The molecule has 1 fully saturated rings. The van der Waals surface area contributed by atoms with E-state index in [0.717, 1.165) is 40.6 Å². The third kappa shape index (κ3) is 2.87. The zero-order valence-corrected chi connectivity index (χ0v) is 17.9. The van der Waals surface area contributed by atoms with E-state index >= 15 is 0 Å². The highest BCUT2D eigenvalue weighted by molar-refractivity contribution is 9.10. The van der Waals surface area contributed by atoms with Crippen LogP contribution in [0.4, 0.5) is 5.82 Å². The standard InChI is InChI=1S/C21H20BrN5O3/c1-10-13-8-24-7-6-15(13)30-18(10)14-9-25-27-19(23)16(22)17(26-20(14)27)11-2-4-12(5-3-11)21(28)29/h6-9,11-12H,2-5,23H2,1H3,(H,28,29). The molecule has 9 heteroatoms. The molecule has 1 saturated carbocycles. The molecular weight excluding hydrogens is 450 g/mol. The highest BCUT2D eigenvalue weighted by Crippen LogP contribution is 2.41. The number of carboxylic acid groups (broad SMARTS) is 1. The molecule has 8 nitrogen and oxygen atoms in total. The fraction of sp³-hybridized carbons (Fsp3) is 0.333. The number of carboxylic acids is 1. The number of hydrogen-bond donors (Lipinski definition) is 2. The lowest BCUT2D eigenvalue weighted by Gasteiger charge is -2.26. The van der Waals surface area contributed by atoms with Gasteiger partial charge in [0.25, 0.3) is 0 Å². The number of aliphatic carboxylic acids is 1. The number of anilines is 1. The molecule has 4 aromatic rings. The summed E-state index contributed by atoms with van der Waals surface area (Å²) in [7, 11) is 0. The highest BCUT2D eigenvalue weighted by atomic mass is 79.9. The van der Waals surface area contributed by atoms with E-state index in [4.69, 9.17) is 15.1 Å². The van der Waals surface area contributed by atoms with Gasteiger partial charge in [-0.2, -0.15) is 9.61 Å². The van der Waals surface area contributed by atoms with E-state index in [0.29, 0.717) is 34.5 Å². The molecule has 0 aliphatic heterocycles. The molecule has 1 aliphatic rings. The number of aryl methyl sites for hydroxylation is 1. The maximum Gasteiger partial charge on any atom is 0.306 e. The quantitative estimate of drug-likeness (QED) is 0.451. The summed E-state index contributed by atoms with van der Waals surface area (Å²) in [4.78, 5) is 20.4. The minimum absolute atomic E-state index is 0.144. The first kappa shape index (κ1) is 19.0. The molecule has 1 aliphatic carbocycles. The molecule has 0 bridgehead atoms. The van der Waals surface area contributed by atoms with Crippen molar-refractivity contribution in [2.75, 3.05) is 5.73 Å². The van der Waals surface area contributed by atoms with Gasteiger partial charge in [-0.15, -0.1) is 0 Å². The van der Waals surface area contributed by atoms with Crippen LogP contribution in [0.15, 0.2) is 33.5 Å². The summed E-state index contributed by atoms with van der Waals surface area (Å²) in [6.45, 7) is 1.99. The second kappa shape index (κ2) is 7.09. The molecule has 154 valence electrons. The number of aromatic nitrogens is 4. The maximum absolute atomic E-state index is 11.3. The molecule has 30 heavy (non-hydrogen) atoms. The van der Waals surface area contributed by atoms with Crippen molar-refractivity contribution in [3.05, 3.63) is 40.4 Å². The van der Waals surface area contributed by atoms with Gasteiger partial charge in [0, 0.05) is 29.3 Å². The Balaban J connectivity index is 1.62. The average molecular weight is 470 g/mol. The third-order valence-corrected chi connectivity index (χ3v) is 6.91. The summed E-state index contributed by atoms with van der Waals surface area (Å²) in [5.74, 6) is 0.313. The van der Waals surface area contributed by atoms with Gasteiger partial charge in [-0.1, -0.05) is 0 Å². The Morgan fingerprint density at radius 2 is 2.07 bits per heavy atom. The maximum atomic E-state index is 11.3. The van der Waals surface area contributed by atoms with Crippen LogP contribution in [-0.2, 0) is 4.79 Å². The number of fused-ring (bicyclic) bond motifs is 2. The number of nitrogen functional groups attached to an aromatic ring is 1. The summed E-state index contributed by atoms with van der Waals surface area (Å²) in [5, 5.41) is 14.7. The van der Waals surface area contributed by atoms with E-state index in [9.17, 15) is 9.90 Å². The van der Waals surface area contributed by atoms with Crippen molar-refractivity contribution in [2.24, 2.45) is 5.92 Å². The van der Waals surface area contributed by atoms with E-state index < -0.39 is 5.97 Å². The molecule has 0 aromatic carbocycles. The number of pyridine rings is 1. The molecule has 0 saturated heterocycles. The largest absolute Gasteiger partial charge is 0.481 e. The van der Waals surface area contributed by atoms with Gasteiger partial charge in [0.1, 0.15) is 17.2 Å². The molecule has 5 rings (SSSR count). The topological polar surface area (TPSA) is 120 Å². The van der Waals surface area contributed by atoms with Gasteiger partial charge in [0.15, 0.2) is 5.65 Å². The Bertz CT molecular complexity index is 1290. The number of rotatable bonds is 3. The molecule has 0 amide bonds. The molecule has 3 N–H and O–H groups in total. The van der Waals surface area contributed by atoms with Crippen LogP contribution in [0.3, 0.4) is 0 Å². The minimum Gasteiger partial charge on any atom is -0.481 e. The second-order valence-electron chi connectivity index (χ2n) is 7.80. The lowest BCUT2D eigenvalue weighted by atomic mass is 9.80. The number of carbonyl (C=O) groups is 1. The Labute approximate surface area is 180 Å². The van der Waals surface area contributed by atoms with E-state index in [1.807, 2.05) is 13.0 Å². The van der Waals surface area contributed by atoms with Crippen LogP contribution in [0.2, 0.25) is 0 Å². The van der Waals surface area contributed by atoms with E-state index in [1.165, 1.54) is 0 Å². The lowest BCUT2D eigenvalue weighted by molar-refractivity contribution is -0.142. The van der Waals surface area contributed by atoms with E-state index in [2.05, 4.69) is 26.0 Å². The summed E-state index contributed by atoms with van der Waals surface area (Å²) < 4.78 is 8.42. The Hall–Kier alpha value is -2.94. The predicted octanol–water partition coefficient (Wildman–Crippen LogP) is 4.55. The zero-order chi connectivity index (χ0) is 21.0. The number of hydrogen-bond acceptors (Lipinski definition) is 6. The molecule has 0 radical (unpaired) electrons. The Morgan fingerprint density at radius 3 is 2.77 bits per heavy atom. The lowest BCUT2D eigenvalue weighted by Crippen LogP contribution is -2.21. The predicted molar refractivity (Wildman–Crippen MR) is 115 cm³/mol. The molecule has 4 heterocycles. The van der Waals surface area contributed by atoms with Crippen LogP contribution in [-0.4, -0.2) is 30.7 Å². The van der Waals surface area contributed by atoms with Gasteiger partial charge in [-0.3, -0.25) is 9.78 Å². The SMILES string of the molecule is Cc1c(-c2cnn3c(N)c(Br)c(C4CCC(C(=O)O)CC4)nc23)oc2ccncc12. The van der Waals surface area contributed by atoms with Gasteiger partial charge in [-0.25, -0.2) is 4.98 Å². The van der Waals surface area contributed by atoms with Crippen molar-refractivity contribution in [1.29, 1.82) is 0 Å². The average Bonchev–Trinajstić information content (AvgIpc) is 3.32. The first-order valence-corrected chi connectivity index (χ1v) is 10.6. The summed E-state index contributed by atoms with van der Waals surface area (Å²) in [6, 6.07) is 1.84. The first-order valence-electron chi connectivity index (χ1n) is 9.84. The summed E-state index contributed by atoms with van der Waals surface area (Å²) >= 11 is 3.59. The van der Waals surface area contributed by atoms with E-state index in [1.54, 1.807) is 23.1 Å². The minimum atomic E-state index is -0.719. The normalized spacial score (nSPS) is 19.5. The van der Waals surface area contributed by atoms with Gasteiger partial charge in [0.2, 0.25) is 0 Å². The van der Waals surface area contributed by atoms with Crippen LogP contribution in [0.1, 0.15) is 42.9 Å². The zero-order valence-electron chi connectivity index (χ0n) is 16.3. The van der Waals surface area contributed by atoms with Gasteiger partial charge < -0.3 is 15.3 Å². The summed E-state index contributed by atoms with van der Waals surface area (Å²) in [5.41, 5.74) is 10.4. The molecule has 0 unspecified atom stereocenters. The smallest absolute Gasteiger partial charge is 0.306 e. The fourth-order valence-corrected chi connectivity index (χ4v) is 4.96. The van der Waals surface area contributed by atoms with Crippen molar-refractivity contribution >= 4 is 44.3 Å². The highest BCUT2D eigenvalue weighted by Gasteiger charge is 2.30. The van der Waals surface area contributed by atoms with Crippen molar-refractivity contribution in [1.82, 2.24) is 19.6 Å². The second-order valence-corrected chi connectivity index (χ2v) is 8.60. The monoisotopic (exact) mass is 469 g/mol. The van der Waals surface area contributed by atoms with Crippen LogP contribution in [0.25, 0.3) is 27.9 Å². The number of nitrogens with zero attached hydrogens (tertiary/aromatic N) is 4. The van der Waals surface area contributed by atoms with Gasteiger partial charge in [0.05, 0.1) is 27.8 Å². The van der Waals surface area contributed by atoms with Crippen LogP contribution >= 0.6 is 15.9 Å². The summed E-state index contributed by atoms with van der Waals surface area (Å²) in [6.07, 6.45) is 8.00. The Morgan fingerprint density at radius 1 is 1.30 bits per heavy atom. The first-order chi connectivity index (χ1) is 14.5. The third-order valence-electron chi connectivity index (χ3n) is 6.09. The van der Waals surface area contributed by atoms with Crippen LogP contribution in [0.5, 0.6) is 0 Å². The number of halogens is 1. The van der Waals surface area contributed by atoms with Crippen LogP contribution < -0.4 is 5.73 Å². The Kier molecular flexibility index (Phi) is 4.50. The number of furan rings is 1. The van der Waals surface area contributed by atoms with Crippen LogP contribution in [0, 0.1) is 12.8 Å². The molecular formula is C21H20BrN5O3. The van der Waals surface area contributed by atoms with Gasteiger partial charge in [-0.05, 0) is 54.6 Å². The van der Waals surface area contributed by atoms with Crippen molar-refractivity contribution in [3.8, 4) is 11.3 Å². The van der Waals surface area contributed by atoms with Crippen molar-refractivity contribution < 1.29 is 14.3 Å².